The van der Waals surface area contributed by atoms with Crippen LogP contribution in [-0.2, 0) is 19.1 Å². The predicted octanol–water partition coefficient (Wildman–Crippen LogP) is 1.51. The lowest BCUT2D eigenvalue weighted by molar-refractivity contribution is -0.153. The van der Waals surface area contributed by atoms with E-state index in [1.807, 2.05) is 29.2 Å². The van der Waals surface area contributed by atoms with E-state index in [4.69, 9.17) is 4.74 Å². The molecule has 4 aliphatic heterocycles. The van der Waals surface area contributed by atoms with Crippen molar-refractivity contribution in [3.8, 4) is 0 Å². The van der Waals surface area contributed by atoms with Crippen molar-refractivity contribution in [1.29, 1.82) is 0 Å². The Hall–Kier alpha value is -1.80. The summed E-state index contributed by atoms with van der Waals surface area (Å²) in [7, 11) is 0. The minimum Gasteiger partial charge on any atom is -0.465 e. The normalized spacial score (nSPS) is 38.3. The molecule has 4 heterocycles. The zero-order valence-corrected chi connectivity index (χ0v) is 18.5. The van der Waals surface area contributed by atoms with Gasteiger partial charge in [0.2, 0.25) is 11.8 Å². The summed E-state index contributed by atoms with van der Waals surface area (Å²) >= 11 is 1.56. The number of rotatable bonds is 3. The molecule has 168 valence electrons. The summed E-state index contributed by atoms with van der Waals surface area (Å²) in [5, 5.41) is 9.49. The minimum atomic E-state index is -0.810. The smallest absolute Gasteiger partial charge is 0.311 e. The number of esters is 1. The van der Waals surface area contributed by atoms with Gasteiger partial charge in [-0.25, -0.2) is 0 Å². The average Bonchev–Trinajstić information content (AvgIpc) is 3.13. The van der Waals surface area contributed by atoms with E-state index >= 15 is 0 Å². The van der Waals surface area contributed by atoms with Crippen molar-refractivity contribution < 1.29 is 24.2 Å². The highest BCUT2D eigenvalue weighted by molar-refractivity contribution is 8.02. The van der Waals surface area contributed by atoms with E-state index in [-0.39, 0.29) is 42.2 Å². The van der Waals surface area contributed by atoms with Crippen LogP contribution >= 0.6 is 11.8 Å². The molecule has 1 spiro atoms. The summed E-state index contributed by atoms with van der Waals surface area (Å²) in [6.45, 7) is 0.730. The van der Waals surface area contributed by atoms with E-state index in [2.05, 4.69) is 0 Å². The van der Waals surface area contributed by atoms with Crippen LogP contribution in [0.5, 0.6) is 0 Å². The Morgan fingerprint density at radius 1 is 1.13 bits per heavy atom. The lowest BCUT2D eigenvalue weighted by atomic mass is 9.78. The van der Waals surface area contributed by atoms with Gasteiger partial charge < -0.3 is 19.6 Å². The molecule has 0 aromatic rings. The molecule has 2 amide bonds. The maximum Gasteiger partial charge on any atom is 0.311 e. The third-order valence-corrected chi connectivity index (χ3v) is 9.25. The van der Waals surface area contributed by atoms with Gasteiger partial charge in [0.15, 0.2) is 0 Å². The van der Waals surface area contributed by atoms with Crippen LogP contribution in [0.4, 0.5) is 0 Å². The fourth-order valence-corrected chi connectivity index (χ4v) is 8.19. The number of aliphatic hydroxyl groups excluding tert-OH is 1. The average molecular weight is 447 g/mol. The number of carbonyl (C=O) groups is 3. The molecule has 0 aromatic heterocycles. The lowest BCUT2D eigenvalue weighted by Crippen LogP contribution is -2.55. The molecular weight excluding hydrogens is 416 g/mol. The third-order valence-electron chi connectivity index (χ3n) is 7.51. The molecule has 1 saturated carbocycles. The van der Waals surface area contributed by atoms with Crippen LogP contribution in [0.15, 0.2) is 24.3 Å². The Labute approximate surface area is 186 Å². The summed E-state index contributed by atoms with van der Waals surface area (Å²) in [4.78, 5) is 44.1. The number of cyclic esters (lactones) is 1. The molecule has 31 heavy (non-hydrogen) atoms. The molecule has 7 nitrogen and oxygen atoms in total. The molecule has 1 aliphatic carbocycles. The molecular formula is C23H30N2O5S. The van der Waals surface area contributed by atoms with Gasteiger partial charge >= 0.3 is 5.97 Å². The van der Waals surface area contributed by atoms with Crippen molar-refractivity contribution in [2.24, 2.45) is 11.8 Å². The predicted molar refractivity (Wildman–Crippen MR) is 116 cm³/mol. The van der Waals surface area contributed by atoms with Crippen molar-refractivity contribution in [3.05, 3.63) is 24.3 Å². The van der Waals surface area contributed by atoms with Crippen molar-refractivity contribution >= 4 is 29.5 Å². The Bertz CT molecular complexity index is 823. The zero-order valence-electron chi connectivity index (χ0n) is 17.7. The van der Waals surface area contributed by atoms with Crippen molar-refractivity contribution in [3.63, 3.8) is 0 Å². The maximum atomic E-state index is 14.0. The van der Waals surface area contributed by atoms with Crippen LogP contribution < -0.4 is 0 Å². The Kier molecular flexibility index (Phi) is 5.63. The zero-order chi connectivity index (χ0) is 21.6. The fraction of sp³-hybridized carbons (Fsp3) is 0.696. The SMILES string of the molecule is O=C1OCCC=C[C@H]2S[C@]34C=CCN(C5CCCCC5)C(=O)C3N(CCO)C(=O)[C@@H]4[C@@H]12. The molecule has 0 bridgehead atoms. The summed E-state index contributed by atoms with van der Waals surface area (Å²) in [6, 6.07) is -0.506. The number of aliphatic hydroxyl groups is 1. The van der Waals surface area contributed by atoms with E-state index in [1.165, 1.54) is 11.3 Å². The molecule has 8 heteroatoms. The van der Waals surface area contributed by atoms with Gasteiger partial charge in [0.25, 0.3) is 0 Å². The summed E-state index contributed by atoms with van der Waals surface area (Å²) in [5.74, 6) is -1.87. The van der Waals surface area contributed by atoms with Gasteiger partial charge in [-0.3, -0.25) is 14.4 Å². The number of thioether (sulfide) groups is 1. The highest BCUT2D eigenvalue weighted by Crippen LogP contribution is 2.60. The van der Waals surface area contributed by atoms with Crippen molar-refractivity contribution in [2.75, 3.05) is 26.3 Å². The molecule has 1 N–H and O–H groups in total. The van der Waals surface area contributed by atoms with Crippen LogP contribution in [0.25, 0.3) is 0 Å². The molecule has 0 radical (unpaired) electrons. The lowest BCUT2D eigenvalue weighted by Gasteiger charge is -2.39. The van der Waals surface area contributed by atoms with Gasteiger partial charge in [-0.15, -0.1) is 11.8 Å². The number of ether oxygens (including phenoxy) is 1. The van der Waals surface area contributed by atoms with Gasteiger partial charge in [-0.05, 0) is 19.3 Å². The number of hydrogen-bond donors (Lipinski definition) is 1. The molecule has 5 atom stereocenters. The highest BCUT2D eigenvalue weighted by atomic mass is 32.2. The second-order valence-electron chi connectivity index (χ2n) is 9.17. The Morgan fingerprint density at radius 3 is 2.71 bits per heavy atom. The van der Waals surface area contributed by atoms with Crippen molar-refractivity contribution in [1.82, 2.24) is 9.80 Å². The molecule has 3 fully saturated rings. The number of fused-ring (bicyclic) bond motifs is 2. The molecule has 5 rings (SSSR count). The number of nitrogens with zero attached hydrogens (tertiary/aromatic N) is 2. The number of amides is 2. The van der Waals surface area contributed by atoms with Crippen molar-refractivity contribution in [2.45, 2.75) is 60.6 Å². The maximum absolute atomic E-state index is 14.0. The van der Waals surface area contributed by atoms with E-state index in [9.17, 15) is 19.5 Å². The first kappa shape index (κ1) is 21.1. The standard InChI is InChI=1S/C23H30N2O5S/c26-13-12-25-19-21(28)24(15-7-2-1-3-8-15)11-6-10-23(19)18(20(25)27)17-16(31-23)9-4-5-14-30-22(17)29/h4,6,9-10,15-19,26H,1-3,5,7-8,11-14H2/t16-,17+,18+,19?,23+/m1/s1. The number of carbonyl (C=O) groups excluding carboxylic acids is 3. The third kappa shape index (κ3) is 3.25. The van der Waals surface area contributed by atoms with Gasteiger partial charge in [-0.2, -0.15) is 0 Å². The van der Waals surface area contributed by atoms with E-state index in [0.717, 1.165) is 25.7 Å². The molecule has 2 saturated heterocycles. The quantitative estimate of drug-likeness (QED) is 0.522. The molecule has 5 aliphatic rings. The molecule has 1 unspecified atom stereocenters. The number of β-amino-alcohol motifs (C(OH)–C–C–N with tert-alkyl or cyclic N) is 1. The highest BCUT2D eigenvalue weighted by Gasteiger charge is 2.71. The first-order valence-electron chi connectivity index (χ1n) is 11.5. The summed E-state index contributed by atoms with van der Waals surface area (Å²) in [5.41, 5.74) is 0. The largest absolute Gasteiger partial charge is 0.465 e. The first-order chi connectivity index (χ1) is 15.1. The summed E-state index contributed by atoms with van der Waals surface area (Å²) in [6.07, 6.45) is 14.1. The Balaban J connectivity index is 1.57. The first-order valence-corrected chi connectivity index (χ1v) is 12.4. The van der Waals surface area contributed by atoms with Crippen LogP contribution in [0, 0.1) is 11.8 Å². The second-order valence-corrected chi connectivity index (χ2v) is 10.7. The van der Waals surface area contributed by atoms with Gasteiger partial charge in [0.05, 0.1) is 29.8 Å². The monoisotopic (exact) mass is 446 g/mol. The van der Waals surface area contributed by atoms with Gasteiger partial charge in [0, 0.05) is 24.4 Å². The minimum absolute atomic E-state index is 0.0414. The van der Waals surface area contributed by atoms with Crippen LogP contribution in [0.2, 0.25) is 0 Å². The van der Waals surface area contributed by atoms with Gasteiger partial charge in [0.1, 0.15) is 6.04 Å². The fourth-order valence-electron chi connectivity index (χ4n) is 6.19. The van der Waals surface area contributed by atoms with Crippen LogP contribution in [0.1, 0.15) is 38.5 Å². The van der Waals surface area contributed by atoms with Crippen LogP contribution in [-0.4, -0.2) is 81.1 Å². The van der Waals surface area contributed by atoms with E-state index < -0.39 is 22.6 Å². The van der Waals surface area contributed by atoms with E-state index in [0.29, 0.717) is 19.6 Å². The van der Waals surface area contributed by atoms with E-state index in [1.54, 1.807) is 11.8 Å². The number of hydrogen-bond acceptors (Lipinski definition) is 6. The van der Waals surface area contributed by atoms with Crippen LogP contribution in [0.3, 0.4) is 0 Å². The number of likely N-dealkylation sites (tertiary alicyclic amines) is 1. The molecule has 0 aromatic carbocycles. The van der Waals surface area contributed by atoms with Gasteiger partial charge in [-0.1, -0.05) is 43.6 Å². The second kappa shape index (κ2) is 8.28. The Morgan fingerprint density at radius 2 is 1.94 bits per heavy atom. The topological polar surface area (TPSA) is 87.2 Å². The summed E-state index contributed by atoms with van der Waals surface area (Å²) < 4.78 is 4.65.